The highest BCUT2D eigenvalue weighted by atomic mass is 16.5. The van der Waals surface area contributed by atoms with Crippen LogP contribution in [0, 0.1) is 12.8 Å². The van der Waals surface area contributed by atoms with Crippen LogP contribution in [-0.2, 0) is 16.0 Å². The number of carboxylic acid groups (broad SMARTS) is 1. The minimum atomic E-state index is -0.871. The van der Waals surface area contributed by atoms with Crippen molar-refractivity contribution < 1.29 is 19.7 Å². The van der Waals surface area contributed by atoms with Crippen LogP contribution < -0.4 is 0 Å². The highest BCUT2D eigenvalue weighted by molar-refractivity contribution is 5.70. The third-order valence-electron chi connectivity index (χ3n) is 3.42. The molecule has 1 aromatic rings. The molecule has 0 saturated carbocycles. The number of hydrogen-bond donors (Lipinski definition) is 2. The molecule has 0 amide bonds. The fourth-order valence-corrected chi connectivity index (χ4v) is 2.26. The molecule has 2 atom stereocenters. The summed E-state index contributed by atoms with van der Waals surface area (Å²) in [5.74, 6) is -1.46. The maximum Gasteiger partial charge on any atom is 0.306 e. The van der Waals surface area contributed by atoms with E-state index in [1.54, 1.807) is 0 Å². The minimum Gasteiger partial charge on any atom is -0.481 e. The fraction of sp³-hybridized carbons (Fsp3) is 0.588. The van der Waals surface area contributed by atoms with E-state index in [4.69, 9.17) is 4.74 Å². The largest absolute Gasteiger partial charge is 0.481 e. The molecule has 0 heterocycles. The number of unbranched alkanes of at least 4 members (excludes halogenated alkanes) is 1. The van der Waals surface area contributed by atoms with Crippen LogP contribution in [0.1, 0.15) is 37.3 Å². The zero-order valence-corrected chi connectivity index (χ0v) is 12.9. The molecule has 21 heavy (non-hydrogen) atoms. The average Bonchev–Trinajstić information content (AvgIpc) is 2.43. The average molecular weight is 294 g/mol. The van der Waals surface area contributed by atoms with Gasteiger partial charge in [0, 0.05) is 6.61 Å². The van der Waals surface area contributed by atoms with E-state index in [2.05, 4.69) is 6.92 Å². The number of aliphatic carboxylic acids is 1. The van der Waals surface area contributed by atoms with Crippen LogP contribution in [-0.4, -0.2) is 35.5 Å². The van der Waals surface area contributed by atoms with E-state index in [0.717, 1.165) is 24.0 Å². The topological polar surface area (TPSA) is 66.8 Å². The molecule has 0 aromatic heterocycles. The summed E-state index contributed by atoms with van der Waals surface area (Å²) in [6, 6.07) is 7.82. The summed E-state index contributed by atoms with van der Waals surface area (Å²) >= 11 is 0. The van der Waals surface area contributed by atoms with Crippen LogP contribution in [0.15, 0.2) is 24.3 Å². The van der Waals surface area contributed by atoms with Gasteiger partial charge in [-0.25, -0.2) is 0 Å². The van der Waals surface area contributed by atoms with Crippen molar-refractivity contribution in [3.8, 4) is 0 Å². The van der Waals surface area contributed by atoms with Crippen molar-refractivity contribution in [2.45, 2.75) is 45.6 Å². The number of benzene rings is 1. The maximum absolute atomic E-state index is 11.3. The predicted octanol–water partition coefficient (Wildman–Crippen LogP) is 2.81. The summed E-state index contributed by atoms with van der Waals surface area (Å²) in [7, 11) is 0. The Morgan fingerprint density at radius 1 is 1.38 bits per heavy atom. The summed E-state index contributed by atoms with van der Waals surface area (Å²) in [5.41, 5.74) is 2.10. The molecule has 0 radical (unpaired) electrons. The van der Waals surface area contributed by atoms with Crippen LogP contribution in [0.4, 0.5) is 0 Å². The molecular weight excluding hydrogens is 268 g/mol. The highest BCUT2D eigenvalue weighted by Gasteiger charge is 2.22. The second-order valence-electron chi connectivity index (χ2n) is 5.55. The SMILES string of the molecule is CCCCOCC(O)CC(Cc1cccc(C)c1)C(=O)O. The molecule has 2 N–H and O–H groups in total. The lowest BCUT2D eigenvalue weighted by Crippen LogP contribution is -2.26. The number of ether oxygens (including phenoxy) is 1. The Morgan fingerprint density at radius 3 is 2.76 bits per heavy atom. The zero-order valence-electron chi connectivity index (χ0n) is 12.9. The van der Waals surface area contributed by atoms with Crippen molar-refractivity contribution in [1.29, 1.82) is 0 Å². The van der Waals surface area contributed by atoms with Gasteiger partial charge in [-0.2, -0.15) is 0 Å². The van der Waals surface area contributed by atoms with Crippen LogP contribution in [0.2, 0.25) is 0 Å². The number of carboxylic acids is 1. The van der Waals surface area contributed by atoms with Gasteiger partial charge < -0.3 is 14.9 Å². The van der Waals surface area contributed by atoms with Crippen molar-refractivity contribution in [2.24, 2.45) is 5.92 Å². The van der Waals surface area contributed by atoms with Gasteiger partial charge in [-0.3, -0.25) is 4.79 Å². The number of hydrogen-bond acceptors (Lipinski definition) is 3. The molecular formula is C17H26O4. The normalized spacial score (nSPS) is 13.9. The monoisotopic (exact) mass is 294 g/mol. The van der Waals surface area contributed by atoms with Crippen LogP contribution in [0.25, 0.3) is 0 Å². The summed E-state index contributed by atoms with van der Waals surface area (Å²) < 4.78 is 5.34. The second-order valence-corrected chi connectivity index (χ2v) is 5.55. The molecule has 118 valence electrons. The second kappa shape index (κ2) is 9.53. The summed E-state index contributed by atoms with van der Waals surface area (Å²) in [6.45, 7) is 4.87. The Kier molecular flexibility index (Phi) is 8.01. The summed E-state index contributed by atoms with van der Waals surface area (Å²) in [5, 5.41) is 19.2. The number of aryl methyl sites for hydroxylation is 1. The standard InChI is InChI=1S/C17H26O4/c1-3-4-8-21-12-16(18)11-15(17(19)20)10-14-7-5-6-13(2)9-14/h5-7,9,15-16,18H,3-4,8,10-12H2,1-2H3,(H,19,20). The van der Waals surface area contributed by atoms with Gasteiger partial charge in [-0.1, -0.05) is 43.2 Å². The Bertz CT molecular complexity index is 431. The Labute approximate surface area is 126 Å². The number of aliphatic hydroxyl groups excluding tert-OH is 1. The van der Waals surface area contributed by atoms with Gasteiger partial charge in [0.15, 0.2) is 0 Å². The molecule has 4 heteroatoms. The smallest absolute Gasteiger partial charge is 0.306 e. The first-order valence-corrected chi connectivity index (χ1v) is 7.57. The fourth-order valence-electron chi connectivity index (χ4n) is 2.26. The molecule has 0 aliphatic rings. The molecule has 0 fully saturated rings. The Hall–Kier alpha value is -1.39. The molecule has 4 nitrogen and oxygen atoms in total. The molecule has 0 saturated heterocycles. The lowest BCUT2D eigenvalue weighted by Gasteiger charge is -2.17. The number of rotatable bonds is 10. The van der Waals surface area contributed by atoms with Crippen molar-refractivity contribution in [1.82, 2.24) is 0 Å². The van der Waals surface area contributed by atoms with E-state index in [1.165, 1.54) is 0 Å². The number of carbonyl (C=O) groups is 1. The van der Waals surface area contributed by atoms with Gasteiger partial charge in [-0.15, -0.1) is 0 Å². The zero-order chi connectivity index (χ0) is 15.7. The predicted molar refractivity (Wildman–Crippen MR) is 82.4 cm³/mol. The van der Waals surface area contributed by atoms with Crippen LogP contribution >= 0.6 is 0 Å². The molecule has 0 spiro atoms. The van der Waals surface area contributed by atoms with E-state index < -0.39 is 18.0 Å². The van der Waals surface area contributed by atoms with E-state index in [-0.39, 0.29) is 13.0 Å². The Morgan fingerprint density at radius 2 is 2.14 bits per heavy atom. The van der Waals surface area contributed by atoms with E-state index in [1.807, 2.05) is 31.2 Å². The maximum atomic E-state index is 11.3. The van der Waals surface area contributed by atoms with Gasteiger partial charge in [-0.05, 0) is 31.7 Å². The van der Waals surface area contributed by atoms with E-state index in [0.29, 0.717) is 13.0 Å². The Balaban J connectivity index is 2.48. The van der Waals surface area contributed by atoms with Crippen LogP contribution in [0.3, 0.4) is 0 Å². The summed E-state index contributed by atoms with van der Waals surface area (Å²) in [4.78, 5) is 11.3. The quantitative estimate of drug-likeness (QED) is 0.651. The number of aliphatic hydroxyl groups is 1. The molecule has 0 aliphatic heterocycles. The molecule has 2 unspecified atom stereocenters. The van der Waals surface area contributed by atoms with Gasteiger partial charge in [0.2, 0.25) is 0 Å². The lowest BCUT2D eigenvalue weighted by atomic mass is 9.93. The van der Waals surface area contributed by atoms with Crippen molar-refractivity contribution in [3.05, 3.63) is 35.4 Å². The third-order valence-corrected chi connectivity index (χ3v) is 3.42. The van der Waals surface area contributed by atoms with Crippen molar-refractivity contribution >= 4 is 5.97 Å². The molecule has 0 aliphatic carbocycles. The van der Waals surface area contributed by atoms with E-state index in [9.17, 15) is 15.0 Å². The van der Waals surface area contributed by atoms with Gasteiger partial charge >= 0.3 is 5.97 Å². The van der Waals surface area contributed by atoms with Crippen molar-refractivity contribution in [3.63, 3.8) is 0 Å². The lowest BCUT2D eigenvalue weighted by molar-refractivity contribution is -0.143. The van der Waals surface area contributed by atoms with E-state index >= 15 is 0 Å². The van der Waals surface area contributed by atoms with Crippen LogP contribution in [0.5, 0.6) is 0 Å². The molecule has 1 rings (SSSR count). The van der Waals surface area contributed by atoms with Gasteiger partial charge in [0.05, 0.1) is 18.6 Å². The first-order chi connectivity index (χ1) is 10.0. The minimum absolute atomic E-state index is 0.206. The first kappa shape index (κ1) is 17.7. The highest BCUT2D eigenvalue weighted by Crippen LogP contribution is 2.16. The molecule has 0 bridgehead atoms. The summed E-state index contributed by atoms with van der Waals surface area (Å²) in [6.07, 6.45) is 1.92. The molecule has 1 aromatic carbocycles. The third kappa shape index (κ3) is 7.25. The van der Waals surface area contributed by atoms with Gasteiger partial charge in [0.25, 0.3) is 0 Å². The van der Waals surface area contributed by atoms with Gasteiger partial charge in [0.1, 0.15) is 0 Å². The first-order valence-electron chi connectivity index (χ1n) is 7.57. The van der Waals surface area contributed by atoms with Crippen molar-refractivity contribution in [2.75, 3.05) is 13.2 Å².